The first-order chi connectivity index (χ1) is 9.96. The third kappa shape index (κ3) is 5.40. The van der Waals surface area contributed by atoms with Gasteiger partial charge < -0.3 is 10.1 Å². The van der Waals surface area contributed by atoms with E-state index >= 15 is 0 Å². The number of pyridine rings is 1. The van der Waals surface area contributed by atoms with Crippen molar-refractivity contribution in [3.05, 3.63) is 48.2 Å². The van der Waals surface area contributed by atoms with E-state index in [1.807, 2.05) is 42.5 Å². The lowest BCUT2D eigenvalue weighted by Crippen LogP contribution is -2.35. The van der Waals surface area contributed by atoms with Crippen LogP contribution in [0.15, 0.2) is 47.4 Å². The van der Waals surface area contributed by atoms with Gasteiger partial charge in [0.15, 0.2) is 0 Å². The Bertz CT molecular complexity index is 576. The summed E-state index contributed by atoms with van der Waals surface area (Å²) in [7, 11) is 0. The summed E-state index contributed by atoms with van der Waals surface area (Å²) in [5.41, 5.74) is 1.05. The molecule has 0 bridgehead atoms. The van der Waals surface area contributed by atoms with Gasteiger partial charge in [-0.1, -0.05) is 6.07 Å². The molecular formula is C17H22N2OS. The highest BCUT2D eigenvalue weighted by Gasteiger charge is 2.09. The van der Waals surface area contributed by atoms with Gasteiger partial charge >= 0.3 is 0 Å². The van der Waals surface area contributed by atoms with Crippen molar-refractivity contribution < 1.29 is 4.74 Å². The van der Waals surface area contributed by atoms with Crippen LogP contribution in [0.5, 0.6) is 11.6 Å². The average Bonchev–Trinajstić information content (AvgIpc) is 2.46. The summed E-state index contributed by atoms with van der Waals surface area (Å²) in [5, 5.41) is 3.42. The fraction of sp³-hybridized carbons (Fsp3) is 0.353. The van der Waals surface area contributed by atoms with Gasteiger partial charge in [0.05, 0.1) is 5.69 Å². The third-order valence-electron chi connectivity index (χ3n) is 2.86. The minimum absolute atomic E-state index is 0.0756. The Balaban J connectivity index is 2.03. The van der Waals surface area contributed by atoms with E-state index in [1.54, 1.807) is 11.8 Å². The summed E-state index contributed by atoms with van der Waals surface area (Å²) in [5.74, 6) is 1.43. The van der Waals surface area contributed by atoms with Gasteiger partial charge in [0.2, 0.25) is 5.88 Å². The number of aromatic nitrogens is 1. The normalized spacial score (nSPS) is 11.4. The molecule has 112 valence electrons. The lowest BCUT2D eigenvalue weighted by molar-refractivity contribution is 0.416. The number of nitrogens with zero attached hydrogens (tertiary/aromatic N) is 1. The molecule has 21 heavy (non-hydrogen) atoms. The average molecular weight is 302 g/mol. The van der Waals surface area contributed by atoms with Crippen LogP contribution >= 0.6 is 11.8 Å². The Morgan fingerprint density at radius 3 is 2.43 bits per heavy atom. The summed E-state index contributed by atoms with van der Waals surface area (Å²) < 4.78 is 5.80. The van der Waals surface area contributed by atoms with Crippen LogP contribution in [-0.4, -0.2) is 16.8 Å². The molecule has 0 amide bonds. The van der Waals surface area contributed by atoms with Crippen LogP contribution in [0.2, 0.25) is 0 Å². The van der Waals surface area contributed by atoms with E-state index in [0.717, 1.165) is 18.0 Å². The molecule has 1 aromatic heterocycles. The monoisotopic (exact) mass is 302 g/mol. The molecule has 3 nitrogen and oxygen atoms in total. The van der Waals surface area contributed by atoms with Crippen molar-refractivity contribution in [2.45, 2.75) is 37.8 Å². The van der Waals surface area contributed by atoms with Gasteiger partial charge in [0, 0.05) is 23.0 Å². The van der Waals surface area contributed by atoms with Crippen LogP contribution in [-0.2, 0) is 6.54 Å². The third-order valence-corrected chi connectivity index (χ3v) is 3.61. The van der Waals surface area contributed by atoms with Crippen LogP contribution in [0.3, 0.4) is 0 Å². The van der Waals surface area contributed by atoms with Crippen LogP contribution in [0.25, 0.3) is 0 Å². The van der Waals surface area contributed by atoms with E-state index in [-0.39, 0.29) is 5.54 Å². The van der Waals surface area contributed by atoms with E-state index in [4.69, 9.17) is 4.74 Å². The molecule has 2 aromatic rings. The molecule has 1 N–H and O–H groups in total. The SMILES string of the molecule is CSc1ccc(Oc2cccc(CNC(C)(C)C)n2)cc1. The van der Waals surface area contributed by atoms with Gasteiger partial charge in [-0.2, -0.15) is 0 Å². The molecule has 0 atom stereocenters. The first kappa shape index (κ1) is 15.9. The lowest BCUT2D eigenvalue weighted by atomic mass is 10.1. The minimum atomic E-state index is 0.0756. The molecule has 0 saturated carbocycles. The van der Waals surface area contributed by atoms with Crippen molar-refractivity contribution in [3.8, 4) is 11.6 Å². The highest BCUT2D eigenvalue weighted by atomic mass is 32.2. The van der Waals surface area contributed by atoms with Crippen molar-refractivity contribution in [3.63, 3.8) is 0 Å². The zero-order chi connectivity index (χ0) is 15.3. The van der Waals surface area contributed by atoms with Crippen molar-refractivity contribution in [2.75, 3.05) is 6.26 Å². The van der Waals surface area contributed by atoms with E-state index in [2.05, 4.69) is 37.3 Å². The van der Waals surface area contributed by atoms with Crippen molar-refractivity contribution in [1.29, 1.82) is 0 Å². The van der Waals surface area contributed by atoms with E-state index in [0.29, 0.717) is 5.88 Å². The van der Waals surface area contributed by atoms with Gasteiger partial charge in [-0.25, -0.2) is 4.98 Å². The molecule has 2 rings (SSSR count). The molecule has 1 heterocycles. The molecule has 0 aliphatic carbocycles. The maximum Gasteiger partial charge on any atom is 0.219 e. The highest BCUT2D eigenvalue weighted by Crippen LogP contribution is 2.23. The van der Waals surface area contributed by atoms with Crippen LogP contribution in [0, 0.1) is 0 Å². The second kappa shape index (κ2) is 6.96. The van der Waals surface area contributed by atoms with E-state index in [9.17, 15) is 0 Å². The smallest absolute Gasteiger partial charge is 0.219 e. The molecule has 0 fully saturated rings. The van der Waals surface area contributed by atoms with Crippen molar-refractivity contribution in [1.82, 2.24) is 10.3 Å². The number of hydrogen-bond acceptors (Lipinski definition) is 4. The fourth-order valence-corrected chi connectivity index (χ4v) is 2.14. The molecule has 0 aliphatic heterocycles. The number of nitrogens with one attached hydrogen (secondary N) is 1. The molecule has 4 heteroatoms. The predicted molar refractivity (Wildman–Crippen MR) is 89.1 cm³/mol. The zero-order valence-electron chi connectivity index (χ0n) is 13.0. The van der Waals surface area contributed by atoms with Gasteiger partial charge in [0.25, 0.3) is 0 Å². The van der Waals surface area contributed by atoms with Crippen LogP contribution in [0.1, 0.15) is 26.5 Å². The van der Waals surface area contributed by atoms with Crippen LogP contribution in [0.4, 0.5) is 0 Å². The summed E-state index contributed by atoms with van der Waals surface area (Å²) in [6.45, 7) is 7.15. The molecule has 0 unspecified atom stereocenters. The summed E-state index contributed by atoms with van der Waals surface area (Å²) in [4.78, 5) is 5.74. The van der Waals surface area contributed by atoms with Gasteiger partial charge in [-0.3, -0.25) is 0 Å². The van der Waals surface area contributed by atoms with Gasteiger partial charge in [-0.05, 0) is 57.4 Å². The first-order valence-corrected chi connectivity index (χ1v) is 8.22. The summed E-state index contributed by atoms with van der Waals surface area (Å²) >= 11 is 1.72. The molecule has 1 aromatic carbocycles. The van der Waals surface area contributed by atoms with Gasteiger partial charge in [-0.15, -0.1) is 11.8 Å². The Hall–Kier alpha value is -1.52. The lowest BCUT2D eigenvalue weighted by Gasteiger charge is -2.20. The van der Waals surface area contributed by atoms with E-state index < -0.39 is 0 Å². The topological polar surface area (TPSA) is 34.1 Å². The molecule has 0 aliphatic rings. The predicted octanol–water partition coefficient (Wildman–Crippen LogP) is 4.48. The second-order valence-corrected chi connectivity index (χ2v) is 6.73. The van der Waals surface area contributed by atoms with Crippen LogP contribution < -0.4 is 10.1 Å². The fourth-order valence-electron chi connectivity index (χ4n) is 1.73. The Morgan fingerprint density at radius 1 is 1.10 bits per heavy atom. The Kier molecular flexibility index (Phi) is 5.26. The summed E-state index contributed by atoms with van der Waals surface area (Å²) in [6, 6.07) is 13.9. The van der Waals surface area contributed by atoms with Gasteiger partial charge in [0.1, 0.15) is 5.75 Å². The molecular weight excluding hydrogens is 280 g/mol. The standard InChI is InChI=1S/C17H22N2OS/c1-17(2,3)18-12-13-6-5-7-16(19-13)20-14-8-10-15(21-4)11-9-14/h5-11,18H,12H2,1-4H3. The number of thioether (sulfide) groups is 1. The van der Waals surface area contributed by atoms with Crippen molar-refractivity contribution in [2.24, 2.45) is 0 Å². The quantitative estimate of drug-likeness (QED) is 0.826. The molecule has 0 spiro atoms. The largest absolute Gasteiger partial charge is 0.439 e. The van der Waals surface area contributed by atoms with E-state index in [1.165, 1.54) is 4.90 Å². The summed E-state index contributed by atoms with van der Waals surface area (Å²) in [6.07, 6.45) is 2.06. The number of rotatable bonds is 5. The highest BCUT2D eigenvalue weighted by molar-refractivity contribution is 7.98. The maximum atomic E-state index is 5.80. The first-order valence-electron chi connectivity index (χ1n) is 6.99. The Labute approximate surface area is 131 Å². The zero-order valence-corrected chi connectivity index (χ0v) is 13.8. The van der Waals surface area contributed by atoms with Crippen molar-refractivity contribution >= 4 is 11.8 Å². The number of hydrogen-bond donors (Lipinski definition) is 1. The minimum Gasteiger partial charge on any atom is -0.439 e. The second-order valence-electron chi connectivity index (χ2n) is 5.85. The number of benzene rings is 1. The maximum absolute atomic E-state index is 5.80. The number of ether oxygens (including phenoxy) is 1. The molecule has 0 radical (unpaired) electrons. The Morgan fingerprint density at radius 2 is 1.81 bits per heavy atom. The molecule has 0 saturated heterocycles.